The van der Waals surface area contributed by atoms with E-state index >= 15 is 0 Å². The largest absolute Gasteiger partial charge is 0.397 e. The van der Waals surface area contributed by atoms with E-state index in [1.54, 1.807) is 0 Å². The first-order valence-corrected chi connectivity index (χ1v) is 9.79. The third-order valence-corrected chi connectivity index (χ3v) is 4.98. The van der Waals surface area contributed by atoms with Crippen molar-refractivity contribution in [2.24, 2.45) is 0 Å². The predicted molar refractivity (Wildman–Crippen MR) is 108 cm³/mol. The maximum atomic E-state index is 6.05. The third kappa shape index (κ3) is 5.74. The minimum absolute atomic E-state index is 0.671. The van der Waals surface area contributed by atoms with Gasteiger partial charge < -0.3 is 11.5 Å². The molecule has 0 fully saturated rings. The van der Waals surface area contributed by atoms with Gasteiger partial charge in [-0.05, 0) is 29.9 Å². The van der Waals surface area contributed by atoms with Gasteiger partial charge in [0.1, 0.15) is 0 Å². The predicted octanol–water partition coefficient (Wildman–Crippen LogP) is 6.47. The lowest BCUT2D eigenvalue weighted by atomic mass is 10.00. The zero-order chi connectivity index (χ0) is 17.2. The number of fused-ring (bicyclic) bond motifs is 1. The molecular weight excluding hydrogens is 292 g/mol. The lowest BCUT2D eigenvalue weighted by Gasteiger charge is -2.08. The molecular formula is C22H34N2. The summed E-state index contributed by atoms with van der Waals surface area (Å²) in [7, 11) is 0. The van der Waals surface area contributed by atoms with Crippen LogP contribution in [-0.2, 0) is 6.42 Å². The van der Waals surface area contributed by atoms with E-state index in [1.807, 2.05) is 6.07 Å². The third-order valence-electron chi connectivity index (χ3n) is 4.98. The fourth-order valence-corrected chi connectivity index (χ4v) is 3.39. The van der Waals surface area contributed by atoms with Crippen molar-refractivity contribution >= 4 is 22.1 Å². The second-order valence-corrected chi connectivity index (χ2v) is 7.06. The maximum Gasteiger partial charge on any atom is 0.0627 e. The highest BCUT2D eigenvalue weighted by atomic mass is 14.7. The maximum absolute atomic E-state index is 6.05. The van der Waals surface area contributed by atoms with Crippen molar-refractivity contribution in [3.63, 3.8) is 0 Å². The fourth-order valence-electron chi connectivity index (χ4n) is 3.39. The van der Waals surface area contributed by atoms with Gasteiger partial charge in [-0.25, -0.2) is 0 Å². The van der Waals surface area contributed by atoms with Gasteiger partial charge in [-0.1, -0.05) is 89.0 Å². The Balaban J connectivity index is 1.64. The van der Waals surface area contributed by atoms with E-state index in [1.165, 1.54) is 75.2 Å². The van der Waals surface area contributed by atoms with Crippen LogP contribution in [0.4, 0.5) is 11.4 Å². The van der Waals surface area contributed by atoms with Gasteiger partial charge in [0, 0.05) is 5.39 Å². The molecule has 0 aliphatic rings. The van der Waals surface area contributed by atoms with Crippen LogP contribution in [0, 0.1) is 0 Å². The number of hydrogen-bond acceptors (Lipinski definition) is 2. The number of hydrogen-bond donors (Lipinski definition) is 2. The van der Waals surface area contributed by atoms with E-state index < -0.39 is 0 Å². The van der Waals surface area contributed by atoms with Crippen molar-refractivity contribution < 1.29 is 0 Å². The van der Waals surface area contributed by atoms with Gasteiger partial charge in [0.05, 0.1) is 11.4 Å². The minimum Gasteiger partial charge on any atom is -0.397 e. The zero-order valence-electron chi connectivity index (χ0n) is 15.3. The molecule has 0 atom stereocenters. The molecule has 2 heteroatoms. The molecule has 0 saturated heterocycles. The van der Waals surface area contributed by atoms with Crippen molar-refractivity contribution in [2.75, 3.05) is 11.5 Å². The number of unbranched alkanes of at least 4 members (excludes halogenated alkanes) is 9. The monoisotopic (exact) mass is 326 g/mol. The van der Waals surface area contributed by atoms with E-state index in [4.69, 9.17) is 11.5 Å². The van der Waals surface area contributed by atoms with Crippen LogP contribution < -0.4 is 11.5 Å². The molecule has 4 N–H and O–H groups in total. The standard InChI is InChI=1S/C22H34N2/c1-2-3-4-5-6-7-8-9-10-11-12-18-13-15-20-19(17-18)14-16-21(23)22(20)24/h13-17H,2-12,23-24H2,1H3. The first-order valence-electron chi connectivity index (χ1n) is 9.79. The van der Waals surface area contributed by atoms with Gasteiger partial charge in [0.15, 0.2) is 0 Å². The van der Waals surface area contributed by atoms with Crippen molar-refractivity contribution in [3.8, 4) is 0 Å². The van der Waals surface area contributed by atoms with Crippen LogP contribution in [0.25, 0.3) is 10.8 Å². The first kappa shape index (κ1) is 18.6. The Bertz CT molecular complexity index is 619. The van der Waals surface area contributed by atoms with E-state index in [9.17, 15) is 0 Å². The quantitative estimate of drug-likeness (QED) is 0.367. The Morgan fingerprint density at radius 2 is 1.33 bits per heavy atom. The molecule has 2 rings (SSSR count). The van der Waals surface area contributed by atoms with E-state index in [0.717, 1.165) is 11.8 Å². The SMILES string of the molecule is CCCCCCCCCCCCc1ccc2c(N)c(N)ccc2c1. The summed E-state index contributed by atoms with van der Waals surface area (Å²) in [6.45, 7) is 2.28. The van der Waals surface area contributed by atoms with Crippen LogP contribution in [0.2, 0.25) is 0 Å². The molecule has 2 nitrogen and oxygen atoms in total. The van der Waals surface area contributed by atoms with Crippen molar-refractivity contribution in [3.05, 3.63) is 35.9 Å². The molecule has 0 aliphatic heterocycles. The summed E-state index contributed by atoms with van der Waals surface area (Å²) in [4.78, 5) is 0. The number of nitrogen functional groups attached to an aromatic ring is 2. The van der Waals surface area contributed by atoms with E-state index in [0.29, 0.717) is 11.4 Å². The molecule has 132 valence electrons. The molecule has 0 aliphatic carbocycles. The number of anilines is 2. The van der Waals surface area contributed by atoms with Crippen LogP contribution in [0.15, 0.2) is 30.3 Å². The van der Waals surface area contributed by atoms with Gasteiger partial charge in [0.2, 0.25) is 0 Å². The highest BCUT2D eigenvalue weighted by molar-refractivity contribution is 5.98. The second-order valence-electron chi connectivity index (χ2n) is 7.06. The summed E-state index contributed by atoms with van der Waals surface area (Å²) < 4.78 is 0. The molecule has 0 bridgehead atoms. The lowest BCUT2D eigenvalue weighted by molar-refractivity contribution is 0.556. The van der Waals surface area contributed by atoms with Crippen LogP contribution in [-0.4, -0.2) is 0 Å². The highest BCUT2D eigenvalue weighted by Crippen LogP contribution is 2.27. The van der Waals surface area contributed by atoms with Crippen LogP contribution in [0.5, 0.6) is 0 Å². The van der Waals surface area contributed by atoms with Crippen molar-refractivity contribution in [2.45, 2.75) is 77.6 Å². The Morgan fingerprint density at radius 3 is 2.00 bits per heavy atom. The Labute approximate surface area is 147 Å². The topological polar surface area (TPSA) is 52.0 Å². The number of nitrogens with two attached hydrogens (primary N) is 2. The molecule has 0 aromatic heterocycles. The van der Waals surface area contributed by atoms with Crippen LogP contribution >= 0.6 is 0 Å². The lowest BCUT2D eigenvalue weighted by Crippen LogP contribution is -1.95. The molecule has 2 aromatic carbocycles. The number of aryl methyl sites for hydroxylation is 1. The summed E-state index contributed by atoms with van der Waals surface area (Å²) >= 11 is 0. The summed E-state index contributed by atoms with van der Waals surface area (Å²) in [5, 5.41) is 2.27. The number of rotatable bonds is 11. The van der Waals surface area contributed by atoms with E-state index in [2.05, 4.69) is 31.2 Å². The smallest absolute Gasteiger partial charge is 0.0627 e. The molecule has 0 amide bonds. The first-order chi connectivity index (χ1) is 11.7. The highest BCUT2D eigenvalue weighted by Gasteiger charge is 2.03. The molecule has 2 aromatic rings. The molecule has 0 unspecified atom stereocenters. The van der Waals surface area contributed by atoms with Crippen molar-refractivity contribution in [1.82, 2.24) is 0 Å². The Kier molecular flexibility index (Phi) is 7.94. The van der Waals surface area contributed by atoms with Crippen molar-refractivity contribution in [1.29, 1.82) is 0 Å². The van der Waals surface area contributed by atoms with E-state index in [-0.39, 0.29) is 0 Å². The molecule has 0 heterocycles. The zero-order valence-corrected chi connectivity index (χ0v) is 15.3. The van der Waals surface area contributed by atoms with Gasteiger partial charge in [-0.3, -0.25) is 0 Å². The van der Waals surface area contributed by atoms with Gasteiger partial charge in [0.25, 0.3) is 0 Å². The normalized spacial score (nSPS) is 11.2. The summed E-state index contributed by atoms with van der Waals surface area (Å²) in [6, 6.07) is 10.6. The average molecular weight is 327 g/mol. The van der Waals surface area contributed by atoms with Gasteiger partial charge in [-0.2, -0.15) is 0 Å². The summed E-state index contributed by atoms with van der Waals surface area (Å²) in [5.74, 6) is 0. The summed E-state index contributed by atoms with van der Waals surface area (Å²) in [5.41, 5.74) is 14.7. The van der Waals surface area contributed by atoms with Gasteiger partial charge in [-0.15, -0.1) is 0 Å². The average Bonchev–Trinajstić information content (AvgIpc) is 2.60. The van der Waals surface area contributed by atoms with Crippen LogP contribution in [0.1, 0.15) is 76.7 Å². The molecule has 24 heavy (non-hydrogen) atoms. The fraction of sp³-hybridized carbons (Fsp3) is 0.545. The Hall–Kier alpha value is -1.70. The second kappa shape index (κ2) is 10.2. The molecule has 0 saturated carbocycles. The number of benzene rings is 2. The van der Waals surface area contributed by atoms with Gasteiger partial charge >= 0.3 is 0 Å². The van der Waals surface area contributed by atoms with Crippen LogP contribution in [0.3, 0.4) is 0 Å². The molecule has 0 radical (unpaired) electrons. The Morgan fingerprint density at radius 1 is 0.708 bits per heavy atom. The summed E-state index contributed by atoms with van der Waals surface area (Å²) in [6.07, 6.45) is 15.0. The minimum atomic E-state index is 0.671. The molecule has 0 spiro atoms.